The van der Waals surface area contributed by atoms with E-state index >= 15 is 0 Å². The molecule has 4 nitrogen and oxygen atoms in total. The van der Waals surface area contributed by atoms with Gasteiger partial charge in [0.15, 0.2) is 0 Å². The quantitative estimate of drug-likeness (QED) is 0.661. The van der Waals surface area contributed by atoms with Gasteiger partial charge in [-0.15, -0.1) is 0 Å². The minimum absolute atomic E-state index is 0.247. The van der Waals surface area contributed by atoms with Crippen molar-refractivity contribution in [1.29, 1.82) is 0 Å². The lowest BCUT2D eigenvalue weighted by atomic mass is 10.0. The number of hydrogen-bond donors (Lipinski definition) is 2. The highest BCUT2D eigenvalue weighted by atomic mass is 79.9. The van der Waals surface area contributed by atoms with Gasteiger partial charge in [-0.1, -0.05) is 23.2 Å². The molecule has 0 saturated carbocycles. The molecule has 0 bridgehead atoms. The Morgan fingerprint density at radius 3 is 2.39 bits per heavy atom. The fourth-order valence-corrected chi connectivity index (χ4v) is 2.94. The number of aryl methyl sites for hydroxylation is 1. The van der Waals surface area contributed by atoms with Crippen molar-refractivity contribution >= 4 is 39.1 Å². The summed E-state index contributed by atoms with van der Waals surface area (Å²) >= 11 is 15.5. The molecule has 1 heterocycles. The van der Waals surface area contributed by atoms with E-state index in [4.69, 9.17) is 29.0 Å². The van der Waals surface area contributed by atoms with Gasteiger partial charge in [0.05, 0.1) is 22.4 Å². The fourth-order valence-electron chi connectivity index (χ4n) is 1.82. The molecule has 18 heavy (non-hydrogen) atoms. The van der Waals surface area contributed by atoms with Crippen molar-refractivity contribution < 1.29 is 0 Å². The summed E-state index contributed by atoms with van der Waals surface area (Å²) in [5, 5.41) is 5.30. The summed E-state index contributed by atoms with van der Waals surface area (Å²) in [4.78, 5) is 0. The Labute approximate surface area is 123 Å². The number of aromatic nitrogens is 2. The molecule has 1 unspecified atom stereocenters. The van der Waals surface area contributed by atoms with E-state index in [0.717, 1.165) is 15.7 Å². The molecule has 1 aromatic carbocycles. The lowest BCUT2D eigenvalue weighted by molar-refractivity contribution is 0.573. The van der Waals surface area contributed by atoms with Crippen molar-refractivity contribution in [3.63, 3.8) is 0 Å². The third-order valence-electron chi connectivity index (χ3n) is 2.60. The van der Waals surface area contributed by atoms with Gasteiger partial charge in [0.2, 0.25) is 0 Å². The van der Waals surface area contributed by atoms with Gasteiger partial charge in [0.25, 0.3) is 0 Å². The minimum atomic E-state index is -0.247. The molecule has 1 atom stereocenters. The fraction of sp³-hybridized carbons (Fsp3) is 0.182. The molecule has 0 amide bonds. The molecule has 0 aliphatic carbocycles. The molecule has 0 saturated heterocycles. The Hall–Kier alpha value is -0.590. The number of hydrogen-bond acceptors (Lipinski definition) is 3. The van der Waals surface area contributed by atoms with Gasteiger partial charge >= 0.3 is 0 Å². The first-order chi connectivity index (χ1) is 8.52. The molecule has 0 spiro atoms. The number of benzene rings is 1. The summed E-state index contributed by atoms with van der Waals surface area (Å²) in [6, 6.07) is 5.07. The molecule has 0 aliphatic heterocycles. The normalized spacial score (nSPS) is 12.7. The number of halogens is 3. The second kappa shape index (κ2) is 5.59. The van der Waals surface area contributed by atoms with Crippen LogP contribution in [-0.4, -0.2) is 9.78 Å². The first kappa shape index (κ1) is 13.8. The zero-order valence-electron chi connectivity index (χ0n) is 9.49. The summed E-state index contributed by atoms with van der Waals surface area (Å²) in [5.74, 6) is 5.64. The minimum Gasteiger partial charge on any atom is -0.271 e. The summed E-state index contributed by atoms with van der Waals surface area (Å²) in [6.07, 6.45) is 1.71. The zero-order valence-corrected chi connectivity index (χ0v) is 12.6. The summed E-state index contributed by atoms with van der Waals surface area (Å²) < 4.78 is 2.60. The van der Waals surface area contributed by atoms with Crippen LogP contribution in [0, 0.1) is 0 Å². The predicted molar refractivity (Wildman–Crippen MR) is 76.5 cm³/mol. The van der Waals surface area contributed by atoms with E-state index in [1.807, 2.05) is 19.2 Å². The van der Waals surface area contributed by atoms with E-state index in [2.05, 4.69) is 26.5 Å². The van der Waals surface area contributed by atoms with Gasteiger partial charge < -0.3 is 0 Å². The van der Waals surface area contributed by atoms with Crippen LogP contribution in [0.1, 0.15) is 17.3 Å². The van der Waals surface area contributed by atoms with E-state index in [-0.39, 0.29) is 6.04 Å². The van der Waals surface area contributed by atoms with Crippen molar-refractivity contribution in [1.82, 2.24) is 15.2 Å². The van der Waals surface area contributed by atoms with Crippen LogP contribution in [0.15, 0.2) is 28.9 Å². The highest BCUT2D eigenvalue weighted by molar-refractivity contribution is 9.10. The molecular weight excluding hydrogens is 339 g/mol. The van der Waals surface area contributed by atoms with E-state index in [1.165, 1.54) is 0 Å². The second-order valence-corrected chi connectivity index (χ2v) is 5.53. The predicted octanol–water partition coefficient (Wildman–Crippen LogP) is 3.04. The Kier molecular flexibility index (Phi) is 4.29. The maximum Gasteiger partial charge on any atom is 0.0890 e. The maximum absolute atomic E-state index is 6.00. The molecule has 3 N–H and O–H groups in total. The van der Waals surface area contributed by atoms with Crippen LogP contribution in [0.25, 0.3) is 0 Å². The SMILES string of the molecule is Cn1ncc(Br)c1C(NN)c1cc(Cl)cc(Cl)c1. The van der Waals surface area contributed by atoms with E-state index in [0.29, 0.717) is 10.0 Å². The van der Waals surface area contributed by atoms with Crippen LogP contribution >= 0.6 is 39.1 Å². The topological polar surface area (TPSA) is 55.9 Å². The molecule has 7 heteroatoms. The third kappa shape index (κ3) is 2.70. The van der Waals surface area contributed by atoms with E-state index < -0.39 is 0 Å². The van der Waals surface area contributed by atoms with E-state index in [1.54, 1.807) is 16.9 Å². The van der Waals surface area contributed by atoms with Gasteiger partial charge in [0.1, 0.15) is 0 Å². The van der Waals surface area contributed by atoms with Gasteiger partial charge in [0, 0.05) is 17.1 Å². The van der Waals surface area contributed by atoms with Crippen molar-refractivity contribution in [3.05, 3.63) is 50.2 Å². The highest BCUT2D eigenvalue weighted by Gasteiger charge is 2.20. The van der Waals surface area contributed by atoms with Crippen molar-refractivity contribution in [2.75, 3.05) is 0 Å². The Morgan fingerprint density at radius 2 is 1.94 bits per heavy atom. The van der Waals surface area contributed by atoms with E-state index in [9.17, 15) is 0 Å². The molecule has 0 fully saturated rings. The molecule has 2 aromatic rings. The average molecular weight is 350 g/mol. The average Bonchev–Trinajstić information content (AvgIpc) is 2.61. The maximum atomic E-state index is 6.00. The van der Waals surface area contributed by atoms with Gasteiger partial charge in [-0.05, 0) is 39.7 Å². The largest absolute Gasteiger partial charge is 0.271 e. The van der Waals surface area contributed by atoms with Gasteiger partial charge in [-0.25, -0.2) is 5.43 Å². The van der Waals surface area contributed by atoms with Crippen LogP contribution in [0.4, 0.5) is 0 Å². The first-order valence-electron chi connectivity index (χ1n) is 5.12. The number of nitrogens with two attached hydrogens (primary N) is 1. The monoisotopic (exact) mass is 348 g/mol. The van der Waals surface area contributed by atoms with Crippen molar-refractivity contribution in [2.24, 2.45) is 12.9 Å². The lowest BCUT2D eigenvalue weighted by Crippen LogP contribution is -2.30. The van der Waals surface area contributed by atoms with Crippen LogP contribution in [0.2, 0.25) is 10.0 Å². The molecule has 2 rings (SSSR count). The lowest BCUT2D eigenvalue weighted by Gasteiger charge is -2.18. The molecular formula is C11H11BrCl2N4. The Morgan fingerprint density at radius 1 is 1.33 bits per heavy atom. The van der Waals surface area contributed by atoms with Crippen molar-refractivity contribution in [3.8, 4) is 0 Å². The molecule has 1 aromatic heterocycles. The smallest absolute Gasteiger partial charge is 0.0890 e. The summed E-state index contributed by atoms with van der Waals surface area (Å²) in [6.45, 7) is 0. The molecule has 0 aliphatic rings. The van der Waals surface area contributed by atoms with Crippen LogP contribution < -0.4 is 11.3 Å². The number of rotatable bonds is 3. The summed E-state index contributed by atoms with van der Waals surface area (Å²) in [5.41, 5.74) is 4.52. The number of nitrogens with one attached hydrogen (secondary N) is 1. The first-order valence-corrected chi connectivity index (χ1v) is 6.67. The highest BCUT2D eigenvalue weighted by Crippen LogP contribution is 2.30. The standard InChI is InChI=1S/C11H11BrCl2N4/c1-18-11(9(12)5-16-18)10(17-15)6-2-7(13)4-8(14)3-6/h2-5,10,17H,15H2,1H3. The van der Waals surface area contributed by atoms with Gasteiger partial charge in [-0.3, -0.25) is 10.5 Å². The van der Waals surface area contributed by atoms with Gasteiger partial charge in [-0.2, -0.15) is 5.10 Å². The zero-order chi connectivity index (χ0) is 13.3. The second-order valence-electron chi connectivity index (χ2n) is 3.80. The molecule has 0 radical (unpaired) electrons. The van der Waals surface area contributed by atoms with Crippen LogP contribution in [-0.2, 0) is 7.05 Å². The Bertz CT molecular complexity index is 530. The molecule has 96 valence electrons. The third-order valence-corrected chi connectivity index (χ3v) is 3.64. The number of hydrazine groups is 1. The number of nitrogens with zero attached hydrogens (tertiary/aromatic N) is 2. The van der Waals surface area contributed by atoms with Crippen molar-refractivity contribution in [2.45, 2.75) is 6.04 Å². The summed E-state index contributed by atoms with van der Waals surface area (Å²) in [7, 11) is 1.84. The van der Waals surface area contributed by atoms with Crippen LogP contribution in [0.3, 0.4) is 0 Å². The van der Waals surface area contributed by atoms with Crippen LogP contribution in [0.5, 0.6) is 0 Å². The Balaban J connectivity index is 2.52.